The first-order valence-corrected chi connectivity index (χ1v) is 9.84. The van der Waals surface area contributed by atoms with E-state index in [1.165, 1.54) is 15.3 Å². The third kappa shape index (κ3) is 4.76. The fraction of sp³-hybridized carbons (Fsp3) is 0.750. The Kier molecular flexibility index (Phi) is 7.89. The third-order valence-electron chi connectivity index (χ3n) is 4.53. The van der Waals surface area contributed by atoms with E-state index in [1.807, 2.05) is 0 Å². The molecule has 0 bridgehead atoms. The molecule has 1 saturated heterocycles. The summed E-state index contributed by atoms with van der Waals surface area (Å²) in [5, 5.41) is 14.0. The molecule has 1 aliphatic rings. The van der Waals surface area contributed by atoms with Crippen LogP contribution in [0.4, 0.5) is 0 Å². The van der Waals surface area contributed by atoms with Crippen LogP contribution in [0, 0.1) is 6.92 Å². The van der Waals surface area contributed by atoms with Gasteiger partial charge in [-0.2, -0.15) is 0 Å². The Balaban J connectivity index is 2.23. The highest BCUT2D eigenvalue weighted by molar-refractivity contribution is 9.09. The predicted octanol–water partition coefficient (Wildman–Crippen LogP) is 2.23. The Bertz CT molecular complexity index is 771. The van der Waals surface area contributed by atoms with E-state index in [0.717, 1.165) is 31.0 Å². The summed E-state index contributed by atoms with van der Waals surface area (Å²) >= 11 is 3.38. The molecule has 0 unspecified atom stereocenters. The van der Waals surface area contributed by atoms with Crippen LogP contribution in [-0.4, -0.2) is 38.3 Å². The van der Waals surface area contributed by atoms with Gasteiger partial charge in [0.1, 0.15) is 6.23 Å². The fourth-order valence-corrected chi connectivity index (χ4v) is 3.51. The molecule has 0 aliphatic carbocycles. The number of ether oxygens (including phenoxy) is 1. The number of hydrogen-bond donors (Lipinski definition) is 1. The van der Waals surface area contributed by atoms with Crippen molar-refractivity contribution in [2.75, 3.05) is 11.9 Å². The van der Waals surface area contributed by atoms with Crippen molar-refractivity contribution >= 4 is 15.9 Å². The van der Waals surface area contributed by atoms with Gasteiger partial charge in [0.2, 0.25) is 0 Å². The Morgan fingerprint density at radius 3 is 2.77 bits per heavy atom. The van der Waals surface area contributed by atoms with Gasteiger partial charge in [0, 0.05) is 35.0 Å². The van der Waals surface area contributed by atoms with Crippen molar-refractivity contribution in [2.45, 2.75) is 63.9 Å². The van der Waals surface area contributed by atoms with Crippen LogP contribution in [0.5, 0.6) is 0 Å². The number of aliphatic hydroxyl groups excluding tert-OH is 1. The van der Waals surface area contributed by atoms with Crippen molar-refractivity contribution in [1.82, 2.24) is 9.13 Å². The summed E-state index contributed by atoms with van der Waals surface area (Å²) in [7, 11) is 0. The zero-order valence-corrected chi connectivity index (χ0v) is 16.3. The Morgan fingerprint density at radius 2 is 2.12 bits per heavy atom. The summed E-state index contributed by atoms with van der Waals surface area (Å²) in [6.07, 6.45) is 4.21. The van der Waals surface area contributed by atoms with Gasteiger partial charge in [0.25, 0.3) is 5.56 Å². The van der Waals surface area contributed by atoms with Crippen molar-refractivity contribution in [3.63, 3.8) is 0 Å². The maximum atomic E-state index is 12.8. The molecular weight excluding hydrogens is 406 g/mol. The van der Waals surface area contributed by atoms with E-state index in [0.29, 0.717) is 12.1 Å². The molecule has 1 fully saturated rings. The quantitative estimate of drug-likeness (QED) is 0.212. The lowest BCUT2D eigenvalue weighted by Gasteiger charge is -2.17. The minimum absolute atomic E-state index is 0.276. The van der Waals surface area contributed by atoms with Gasteiger partial charge in [-0.3, -0.25) is 13.9 Å². The Morgan fingerprint density at radius 1 is 1.38 bits per heavy atom. The number of aryl methyl sites for hydroxylation is 1. The first kappa shape index (κ1) is 20.7. The van der Waals surface area contributed by atoms with Crippen molar-refractivity contribution < 1.29 is 9.84 Å². The molecule has 1 aliphatic heterocycles. The molecule has 144 valence electrons. The van der Waals surface area contributed by atoms with Crippen molar-refractivity contribution in [2.24, 2.45) is 5.11 Å². The molecule has 10 heteroatoms. The molecule has 9 nitrogen and oxygen atoms in total. The zero-order chi connectivity index (χ0) is 19.1. The smallest absolute Gasteiger partial charge is 0.333 e. The van der Waals surface area contributed by atoms with Crippen LogP contribution >= 0.6 is 15.9 Å². The van der Waals surface area contributed by atoms with E-state index in [2.05, 4.69) is 26.0 Å². The summed E-state index contributed by atoms with van der Waals surface area (Å²) < 4.78 is 8.28. The highest BCUT2D eigenvalue weighted by Crippen LogP contribution is 2.29. The number of halogens is 1. The van der Waals surface area contributed by atoms with Crippen molar-refractivity contribution in [3.05, 3.63) is 43.0 Å². The third-order valence-corrected chi connectivity index (χ3v) is 5.09. The summed E-state index contributed by atoms with van der Waals surface area (Å²) in [5.41, 5.74) is 8.35. The fourth-order valence-electron chi connectivity index (χ4n) is 3.12. The van der Waals surface area contributed by atoms with Crippen LogP contribution in [0.2, 0.25) is 0 Å². The molecule has 0 spiro atoms. The predicted molar refractivity (Wildman–Crippen MR) is 101 cm³/mol. The van der Waals surface area contributed by atoms with Gasteiger partial charge >= 0.3 is 5.69 Å². The largest absolute Gasteiger partial charge is 0.394 e. The standard InChI is InChI=1S/C16H24BrN5O4/c1-11-9-22(14-8-12(19-20-18)13(10-23)26-14)16(25)21(15(11)24)7-5-3-2-4-6-17/h9,12-14,23H,2-8,10H2,1H3/t12-,13+,14+/m0/s1. The van der Waals surface area contributed by atoms with E-state index in [4.69, 9.17) is 10.3 Å². The molecule has 0 aromatic carbocycles. The van der Waals surface area contributed by atoms with Gasteiger partial charge in [-0.25, -0.2) is 4.79 Å². The molecule has 0 amide bonds. The molecule has 0 radical (unpaired) electrons. The first-order valence-electron chi connectivity index (χ1n) is 8.72. The van der Waals surface area contributed by atoms with Crippen LogP contribution in [0.3, 0.4) is 0 Å². The van der Waals surface area contributed by atoms with Gasteiger partial charge in [-0.15, -0.1) is 0 Å². The number of alkyl halides is 1. The monoisotopic (exact) mass is 429 g/mol. The second-order valence-electron chi connectivity index (χ2n) is 6.38. The van der Waals surface area contributed by atoms with Gasteiger partial charge in [0.05, 0.1) is 18.8 Å². The number of nitrogens with zero attached hydrogens (tertiary/aromatic N) is 5. The Labute approximate surface area is 159 Å². The van der Waals surface area contributed by atoms with E-state index in [1.54, 1.807) is 6.92 Å². The molecule has 1 aromatic rings. The number of aromatic nitrogens is 2. The maximum Gasteiger partial charge on any atom is 0.333 e. The highest BCUT2D eigenvalue weighted by Gasteiger charge is 2.36. The van der Waals surface area contributed by atoms with Crippen LogP contribution in [0.25, 0.3) is 10.4 Å². The zero-order valence-electron chi connectivity index (χ0n) is 14.8. The van der Waals surface area contributed by atoms with Gasteiger partial charge in [-0.05, 0) is 25.3 Å². The molecule has 26 heavy (non-hydrogen) atoms. The molecular formula is C16H24BrN5O4. The molecule has 1 aromatic heterocycles. The minimum atomic E-state index is -0.672. The van der Waals surface area contributed by atoms with E-state index >= 15 is 0 Å². The van der Waals surface area contributed by atoms with E-state index < -0.39 is 24.1 Å². The van der Waals surface area contributed by atoms with Gasteiger partial charge in [-0.1, -0.05) is 33.9 Å². The minimum Gasteiger partial charge on any atom is -0.394 e. The van der Waals surface area contributed by atoms with Crippen LogP contribution in [0.1, 0.15) is 43.9 Å². The first-order chi connectivity index (χ1) is 12.5. The number of rotatable bonds is 9. The highest BCUT2D eigenvalue weighted by atomic mass is 79.9. The van der Waals surface area contributed by atoms with Gasteiger partial charge < -0.3 is 9.84 Å². The SMILES string of the molecule is Cc1cn([C@H]2C[C@H](N=[N+]=[N-])[C@@H](CO)O2)c(=O)n(CCCCCCBr)c1=O. The number of hydrogen-bond acceptors (Lipinski definition) is 5. The molecule has 3 atom stereocenters. The maximum absolute atomic E-state index is 12.8. The molecule has 2 heterocycles. The number of unbranched alkanes of at least 4 members (excludes halogenated alkanes) is 3. The second kappa shape index (κ2) is 9.91. The van der Waals surface area contributed by atoms with E-state index in [-0.39, 0.29) is 18.6 Å². The van der Waals surface area contributed by atoms with Crippen LogP contribution in [-0.2, 0) is 11.3 Å². The number of azide groups is 1. The summed E-state index contributed by atoms with van der Waals surface area (Å²) in [4.78, 5) is 27.9. The summed E-state index contributed by atoms with van der Waals surface area (Å²) in [6, 6.07) is -0.549. The lowest BCUT2D eigenvalue weighted by molar-refractivity contribution is -0.0277. The molecule has 0 saturated carbocycles. The van der Waals surface area contributed by atoms with Crippen LogP contribution in [0.15, 0.2) is 20.9 Å². The molecule has 2 rings (SSSR count). The lowest BCUT2D eigenvalue weighted by Crippen LogP contribution is -2.42. The van der Waals surface area contributed by atoms with Crippen molar-refractivity contribution in [3.8, 4) is 0 Å². The van der Waals surface area contributed by atoms with E-state index in [9.17, 15) is 14.7 Å². The second-order valence-corrected chi connectivity index (χ2v) is 7.17. The normalized spacial score (nSPS) is 22.3. The van der Waals surface area contributed by atoms with Crippen molar-refractivity contribution in [1.29, 1.82) is 0 Å². The van der Waals surface area contributed by atoms with Gasteiger partial charge in [0.15, 0.2) is 0 Å². The topological polar surface area (TPSA) is 122 Å². The molecule has 1 N–H and O–H groups in total. The van der Waals surface area contributed by atoms with Crippen LogP contribution < -0.4 is 11.2 Å². The Hall–Kier alpha value is -1.61. The number of aliphatic hydroxyl groups is 1. The summed E-state index contributed by atoms with van der Waals surface area (Å²) in [6.45, 7) is 1.71. The lowest BCUT2D eigenvalue weighted by atomic mass is 10.1. The average Bonchev–Trinajstić information content (AvgIpc) is 3.03. The summed E-state index contributed by atoms with van der Waals surface area (Å²) in [5.74, 6) is 0. The average molecular weight is 430 g/mol.